The molecular formula is C17H19N2O2S+. The Bertz CT molecular complexity index is 840. The monoisotopic (exact) mass is 315 g/mol. The van der Waals surface area contributed by atoms with Crippen molar-refractivity contribution in [2.24, 2.45) is 0 Å². The molecule has 5 heteroatoms. The predicted octanol–water partition coefficient (Wildman–Crippen LogP) is 3.51. The van der Waals surface area contributed by atoms with E-state index in [4.69, 9.17) is 0 Å². The lowest BCUT2D eigenvalue weighted by atomic mass is 10.1. The molecule has 0 bridgehead atoms. The van der Waals surface area contributed by atoms with Gasteiger partial charge >= 0.3 is 5.91 Å². The van der Waals surface area contributed by atoms with Crippen LogP contribution in [0, 0.1) is 6.92 Å². The van der Waals surface area contributed by atoms with E-state index in [1.807, 2.05) is 15.8 Å². The second kappa shape index (κ2) is 5.35. The number of aromatic nitrogens is 1. The molecule has 0 saturated heterocycles. The van der Waals surface area contributed by atoms with Gasteiger partial charge in [0.15, 0.2) is 0 Å². The van der Waals surface area contributed by atoms with Crippen molar-refractivity contribution >= 4 is 22.1 Å². The van der Waals surface area contributed by atoms with Crippen LogP contribution in [-0.2, 0) is 11.2 Å². The number of quaternary nitrogens is 1. The summed E-state index contributed by atoms with van der Waals surface area (Å²) in [7, 11) is 2.94. The fourth-order valence-electron chi connectivity index (χ4n) is 2.40. The summed E-state index contributed by atoms with van der Waals surface area (Å²) in [4.78, 5) is 13.1. The van der Waals surface area contributed by atoms with Gasteiger partial charge in [0.1, 0.15) is 20.5 Å². The summed E-state index contributed by atoms with van der Waals surface area (Å²) in [6, 6.07) is 10.5. The lowest BCUT2D eigenvalue weighted by Crippen LogP contribution is -2.43. The maximum Gasteiger partial charge on any atom is 0.351 e. The molecule has 2 heterocycles. The fraction of sp³-hybridized carbons (Fsp3) is 0.235. The van der Waals surface area contributed by atoms with Gasteiger partial charge in [-0.2, -0.15) is 0 Å². The molecule has 0 spiro atoms. The molecule has 3 aromatic rings. The Balaban J connectivity index is 1.97. The Hall–Kier alpha value is -1.95. The number of carbonyl (C=O) groups is 1. The van der Waals surface area contributed by atoms with Gasteiger partial charge < -0.3 is 4.40 Å². The van der Waals surface area contributed by atoms with E-state index in [9.17, 15) is 10.0 Å². The van der Waals surface area contributed by atoms with E-state index in [0.29, 0.717) is 0 Å². The number of hydrogen-bond acceptors (Lipinski definition) is 3. The molecule has 0 unspecified atom stereocenters. The van der Waals surface area contributed by atoms with Crippen LogP contribution in [0.2, 0.25) is 0 Å². The van der Waals surface area contributed by atoms with Crippen LogP contribution in [0.15, 0.2) is 41.9 Å². The van der Waals surface area contributed by atoms with Crippen LogP contribution in [-0.4, -0.2) is 34.3 Å². The summed E-state index contributed by atoms with van der Waals surface area (Å²) in [6.45, 7) is 2.08. The number of hydrogen-bond donors (Lipinski definition) is 1. The molecular weight excluding hydrogens is 296 g/mol. The highest BCUT2D eigenvalue weighted by Crippen LogP contribution is 2.28. The maximum atomic E-state index is 12.0. The first-order chi connectivity index (χ1) is 10.3. The summed E-state index contributed by atoms with van der Waals surface area (Å²) < 4.78 is 1.39. The van der Waals surface area contributed by atoms with E-state index in [2.05, 4.69) is 37.4 Å². The molecule has 114 valence electrons. The van der Waals surface area contributed by atoms with Crippen molar-refractivity contribution in [1.29, 1.82) is 0 Å². The zero-order chi connectivity index (χ0) is 15.9. The van der Waals surface area contributed by atoms with E-state index < -0.39 is 4.65 Å². The zero-order valence-electron chi connectivity index (χ0n) is 12.9. The van der Waals surface area contributed by atoms with Crippen molar-refractivity contribution < 1.29 is 14.6 Å². The van der Waals surface area contributed by atoms with E-state index in [-0.39, 0.29) is 12.3 Å². The SMILES string of the molecule is Cc1cccc(-c2cc3scc(CC(=O)[N+](C)(C)O)n3c2)c1. The Morgan fingerprint density at radius 3 is 2.73 bits per heavy atom. The number of fused-ring (bicyclic) bond motifs is 1. The lowest BCUT2D eigenvalue weighted by molar-refractivity contribution is -1.01. The molecule has 2 aromatic heterocycles. The van der Waals surface area contributed by atoms with E-state index in [1.165, 1.54) is 25.2 Å². The van der Waals surface area contributed by atoms with Gasteiger partial charge in [0.25, 0.3) is 0 Å². The second-order valence-corrected chi connectivity index (χ2v) is 6.89. The average molecular weight is 315 g/mol. The van der Waals surface area contributed by atoms with Crippen molar-refractivity contribution in [3.8, 4) is 11.1 Å². The average Bonchev–Trinajstić information content (AvgIpc) is 2.99. The highest BCUT2D eigenvalue weighted by molar-refractivity contribution is 7.15. The molecule has 0 aliphatic carbocycles. The molecule has 22 heavy (non-hydrogen) atoms. The largest absolute Gasteiger partial charge is 0.351 e. The third kappa shape index (κ3) is 2.83. The van der Waals surface area contributed by atoms with Crippen molar-refractivity contribution in [3.63, 3.8) is 0 Å². The van der Waals surface area contributed by atoms with Gasteiger partial charge in [-0.05, 0) is 18.6 Å². The number of nitrogens with zero attached hydrogens (tertiary/aromatic N) is 2. The quantitative estimate of drug-likeness (QED) is 0.456. The molecule has 0 saturated carbocycles. The number of likely N-dealkylation sites (N-methyl/N-ethyl adjacent to an activating group) is 1. The van der Waals surface area contributed by atoms with Gasteiger partial charge in [-0.3, -0.25) is 0 Å². The number of carbonyl (C=O) groups excluding carboxylic acids is 1. The highest BCUT2D eigenvalue weighted by Gasteiger charge is 2.25. The van der Waals surface area contributed by atoms with Gasteiger partial charge in [-0.15, -0.1) is 16.0 Å². The van der Waals surface area contributed by atoms with Crippen LogP contribution in [0.3, 0.4) is 0 Å². The van der Waals surface area contributed by atoms with Crippen LogP contribution in [0.4, 0.5) is 0 Å². The topological polar surface area (TPSA) is 41.7 Å². The van der Waals surface area contributed by atoms with E-state index in [0.717, 1.165) is 16.1 Å². The molecule has 3 rings (SSSR count). The predicted molar refractivity (Wildman–Crippen MR) is 88.1 cm³/mol. The molecule has 1 amide bonds. The Morgan fingerprint density at radius 2 is 2.05 bits per heavy atom. The summed E-state index contributed by atoms with van der Waals surface area (Å²) in [5.41, 5.74) is 4.44. The van der Waals surface area contributed by atoms with Crippen LogP contribution in [0.1, 0.15) is 11.3 Å². The molecule has 0 aliphatic heterocycles. The van der Waals surface area contributed by atoms with Gasteiger partial charge in [-0.1, -0.05) is 29.8 Å². The third-order valence-corrected chi connectivity index (χ3v) is 4.65. The van der Waals surface area contributed by atoms with Gasteiger partial charge in [0, 0.05) is 22.8 Å². The number of aryl methyl sites for hydroxylation is 1. The molecule has 0 atom stereocenters. The lowest BCUT2D eigenvalue weighted by Gasteiger charge is -2.15. The second-order valence-electron chi connectivity index (χ2n) is 6.00. The number of hydroxylamine groups is 3. The van der Waals surface area contributed by atoms with Crippen molar-refractivity contribution in [3.05, 3.63) is 53.2 Å². The Morgan fingerprint density at radius 1 is 1.27 bits per heavy atom. The minimum atomic E-state index is -0.649. The minimum absolute atomic E-state index is 0.214. The minimum Gasteiger partial charge on any atom is -0.310 e. The summed E-state index contributed by atoms with van der Waals surface area (Å²) >= 11 is 1.61. The first-order valence-corrected chi connectivity index (χ1v) is 7.98. The number of benzene rings is 1. The van der Waals surface area contributed by atoms with Crippen molar-refractivity contribution in [2.75, 3.05) is 14.1 Å². The summed E-state index contributed by atoms with van der Waals surface area (Å²) in [6.07, 6.45) is 2.27. The van der Waals surface area contributed by atoms with Crippen LogP contribution in [0.25, 0.3) is 16.0 Å². The Labute approximate surface area is 133 Å². The van der Waals surface area contributed by atoms with Crippen LogP contribution in [0.5, 0.6) is 0 Å². The summed E-state index contributed by atoms with van der Waals surface area (Å²) in [5, 5.41) is 11.7. The maximum absolute atomic E-state index is 12.0. The first kappa shape index (κ1) is 15.0. The molecule has 0 radical (unpaired) electrons. The normalized spacial score (nSPS) is 12.0. The van der Waals surface area contributed by atoms with E-state index >= 15 is 0 Å². The molecule has 1 aromatic carbocycles. The zero-order valence-corrected chi connectivity index (χ0v) is 13.7. The van der Waals surface area contributed by atoms with Crippen LogP contribution < -0.4 is 0 Å². The standard InChI is InChI=1S/C17H19N2O2S/c1-12-5-4-6-13(7-12)14-8-16-18(10-14)15(11-22-16)9-17(20)19(2,3)21/h4-8,10-11,21H,9H2,1-3H3/q+1. The first-order valence-electron chi connectivity index (χ1n) is 7.10. The highest BCUT2D eigenvalue weighted by atomic mass is 32.1. The van der Waals surface area contributed by atoms with Gasteiger partial charge in [0.2, 0.25) is 0 Å². The number of amides is 1. The Kier molecular flexibility index (Phi) is 3.64. The van der Waals surface area contributed by atoms with Gasteiger partial charge in [-0.25, -0.2) is 10.0 Å². The third-order valence-electron chi connectivity index (χ3n) is 3.70. The molecule has 4 nitrogen and oxygen atoms in total. The molecule has 0 fully saturated rings. The van der Waals surface area contributed by atoms with Crippen molar-refractivity contribution in [1.82, 2.24) is 4.40 Å². The fourth-order valence-corrected chi connectivity index (χ4v) is 3.33. The van der Waals surface area contributed by atoms with E-state index in [1.54, 1.807) is 11.3 Å². The van der Waals surface area contributed by atoms with Crippen molar-refractivity contribution in [2.45, 2.75) is 13.3 Å². The number of thiazole rings is 1. The van der Waals surface area contributed by atoms with Gasteiger partial charge in [0.05, 0.1) is 4.83 Å². The number of rotatable bonds is 3. The smallest absolute Gasteiger partial charge is 0.310 e. The van der Waals surface area contributed by atoms with Crippen LogP contribution >= 0.6 is 11.3 Å². The summed E-state index contributed by atoms with van der Waals surface area (Å²) in [5.74, 6) is -0.231. The molecule has 1 N–H and O–H groups in total. The molecule has 0 aliphatic rings.